The van der Waals surface area contributed by atoms with Crippen LogP contribution in [0.2, 0.25) is 0 Å². The van der Waals surface area contributed by atoms with Gasteiger partial charge in [-0.25, -0.2) is 13.8 Å². The summed E-state index contributed by atoms with van der Waals surface area (Å²) in [5, 5.41) is 0. The maximum Gasteiger partial charge on any atom is 0.254 e. The van der Waals surface area contributed by atoms with E-state index in [1.54, 1.807) is 6.92 Å². The van der Waals surface area contributed by atoms with Gasteiger partial charge in [-0.05, 0) is 31.9 Å². The van der Waals surface area contributed by atoms with Gasteiger partial charge >= 0.3 is 0 Å². The lowest BCUT2D eigenvalue weighted by Gasteiger charge is -2.08. The summed E-state index contributed by atoms with van der Waals surface area (Å²) in [5.41, 5.74) is 0.528. The first-order valence-corrected chi connectivity index (χ1v) is 6.12. The van der Waals surface area contributed by atoms with Crippen molar-refractivity contribution < 1.29 is 8.78 Å². The second kappa shape index (κ2) is 4.26. The fraction of sp³-hybridized carbons (Fsp3) is 0.286. The number of halogens is 2. The molecule has 1 fully saturated rings. The van der Waals surface area contributed by atoms with E-state index in [1.165, 1.54) is 6.07 Å². The zero-order chi connectivity index (χ0) is 13.6. The minimum absolute atomic E-state index is 0.159. The summed E-state index contributed by atoms with van der Waals surface area (Å²) in [5.74, 6) is -0.501. The summed E-state index contributed by atoms with van der Waals surface area (Å²) in [6, 6.07) is 3.28. The van der Waals surface area contributed by atoms with Crippen LogP contribution in [0.25, 0.3) is 11.3 Å². The average Bonchev–Trinajstić information content (AvgIpc) is 3.17. The summed E-state index contributed by atoms with van der Waals surface area (Å²) >= 11 is 0. The molecule has 1 saturated carbocycles. The summed E-state index contributed by atoms with van der Waals surface area (Å²) in [4.78, 5) is 18.9. The molecule has 1 aromatic carbocycles. The second-order valence-corrected chi connectivity index (χ2v) is 4.82. The van der Waals surface area contributed by atoms with Crippen LogP contribution in [-0.2, 0) is 0 Å². The molecule has 1 aliphatic carbocycles. The molecule has 0 saturated heterocycles. The predicted octanol–water partition coefficient (Wildman–Crippen LogP) is 2.90. The lowest BCUT2D eigenvalue weighted by atomic mass is 10.1. The Morgan fingerprint density at radius 1 is 1.32 bits per heavy atom. The van der Waals surface area contributed by atoms with Gasteiger partial charge in [0.1, 0.15) is 17.5 Å². The molecule has 19 heavy (non-hydrogen) atoms. The fourth-order valence-corrected chi connectivity index (χ4v) is 2.04. The predicted molar refractivity (Wildman–Crippen MR) is 66.9 cm³/mol. The van der Waals surface area contributed by atoms with Gasteiger partial charge in [-0.1, -0.05) is 0 Å². The van der Waals surface area contributed by atoms with Crippen LogP contribution < -0.4 is 5.56 Å². The van der Waals surface area contributed by atoms with Gasteiger partial charge in [0.2, 0.25) is 0 Å². The van der Waals surface area contributed by atoms with E-state index in [0.717, 1.165) is 25.0 Å². The highest BCUT2D eigenvalue weighted by molar-refractivity contribution is 5.63. The van der Waals surface area contributed by atoms with Crippen molar-refractivity contribution in [3.63, 3.8) is 0 Å². The number of H-pyrrole nitrogens is 1. The monoisotopic (exact) mass is 262 g/mol. The second-order valence-electron chi connectivity index (χ2n) is 4.82. The topological polar surface area (TPSA) is 45.8 Å². The molecule has 1 aliphatic rings. The van der Waals surface area contributed by atoms with Gasteiger partial charge < -0.3 is 4.98 Å². The Hall–Kier alpha value is -2.04. The number of aromatic nitrogens is 2. The van der Waals surface area contributed by atoms with Crippen molar-refractivity contribution in [1.82, 2.24) is 9.97 Å². The highest BCUT2D eigenvalue weighted by Crippen LogP contribution is 2.38. The Labute approximate surface area is 108 Å². The lowest BCUT2D eigenvalue weighted by molar-refractivity contribution is 0.585. The lowest BCUT2D eigenvalue weighted by Crippen LogP contribution is -2.16. The largest absolute Gasteiger partial charge is 0.310 e. The van der Waals surface area contributed by atoms with E-state index in [2.05, 4.69) is 9.97 Å². The molecule has 0 amide bonds. The van der Waals surface area contributed by atoms with Crippen LogP contribution in [0.1, 0.15) is 30.1 Å². The normalized spacial score (nSPS) is 14.7. The summed E-state index contributed by atoms with van der Waals surface area (Å²) in [6.07, 6.45) is 1.97. The van der Waals surface area contributed by atoms with E-state index in [0.29, 0.717) is 17.1 Å². The summed E-state index contributed by atoms with van der Waals surface area (Å²) in [6.45, 7) is 1.58. The molecule has 1 heterocycles. The number of hydrogen-bond acceptors (Lipinski definition) is 2. The molecule has 0 spiro atoms. The van der Waals surface area contributed by atoms with Crippen molar-refractivity contribution in [2.24, 2.45) is 0 Å². The van der Waals surface area contributed by atoms with Gasteiger partial charge in [0.05, 0.1) is 5.69 Å². The molecule has 0 aliphatic heterocycles. The van der Waals surface area contributed by atoms with Gasteiger partial charge in [0, 0.05) is 23.1 Å². The molecule has 5 heteroatoms. The molecule has 3 nitrogen and oxygen atoms in total. The van der Waals surface area contributed by atoms with E-state index >= 15 is 0 Å². The standard InChI is InChI=1S/C14H12F2N2O/c1-7-12(10-5-4-9(15)6-11(10)16)17-13(8-2-3-8)18-14(7)19/h4-6,8H,2-3H2,1H3,(H,17,18,19). The molecule has 3 rings (SSSR count). The maximum atomic E-state index is 13.8. The number of hydrogen-bond donors (Lipinski definition) is 1. The molecule has 0 unspecified atom stereocenters. The smallest absolute Gasteiger partial charge is 0.254 e. The minimum Gasteiger partial charge on any atom is -0.310 e. The van der Waals surface area contributed by atoms with Crippen molar-refractivity contribution in [1.29, 1.82) is 0 Å². The Balaban J connectivity index is 2.20. The third-order valence-corrected chi connectivity index (χ3v) is 3.32. The Kier molecular flexibility index (Phi) is 2.69. The van der Waals surface area contributed by atoms with Gasteiger partial charge in [-0.3, -0.25) is 4.79 Å². The number of rotatable bonds is 2. The van der Waals surface area contributed by atoms with Crippen LogP contribution in [0, 0.1) is 18.6 Å². The van der Waals surface area contributed by atoms with Crippen molar-refractivity contribution >= 4 is 0 Å². The maximum absolute atomic E-state index is 13.8. The SMILES string of the molecule is Cc1c(-c2ccc(F)cc2F)nc(C2CC2)[nH]c1=O. The van der Waals surface area contributed by atoms with Crippen molar-refractivity contribution in [2.75, 3.05) is 0 Å². The van der Waals surface area contributed by atoms with Crippen LogP contribution >= 0.6 is 0 Å². The molecule has 0 radical (unpaired) electrons. The molecule has 1 aromatic heterocycles. The Morgan fingerprint density at radius 3 is 2.68 bits per heavy atom. The molecule has 0 atom stereocenters. The van der Waals surface area contributed by atoms with Crippen LogP contribution in [0.15, 0.2) is 23.0 Å². The van der Waals surface area contributed by atoms with E-state index in [1.807, 2.05) is 0 Å². The highest BCUT2D eigenvalue weighted by Gasteiger charge is 2.27. The number of aromatic amines is 1. The molecular formula is C14H12F2N2O. The van der Waals surface area contributed by atoms with Gasteiger partial charge in [0.25, 0.3) is 5.56 Å². The summed E-state index contributed by atoms with van der Waals surface area (Å²) < 4.78 is 26.7. The van der Waals surface area contributed by atoms with E-state index < -0.39 is 11.6 Å². The first-order valence-electron chi connectivity index (χ1n) is 6.12. The van der Waals surface area contributed by atoms with Crippen LogP contribution in [0.3, 0.4) is 0 Å². The third kappa shape index (κ3) is 2.16. The van der Waals surface area contributed by atoms with Gasteiger partial charge in [-0.2, -0.15) is 0 Å². The van der Waals surface area contributed by atoms with Gasteiger partial charge in [-0.15, -0.1) is 0 Å². The zero-order valence-corrected chi connectivity index (χ0v) is 10.3. The quantitative estimate of drug-likeness (QED) is 0.904. The molecular weight excluding hydrogens is 250 g/mol. The molecule has 2 aromatic rings. The van der Waals surface area contributed by atoms with E-state index in [-0.39, 0.29) is 17.0 Å². The summed E-state index contributed by atoms with van der Waals surface area (Å²) in [7, 11) is 0. The van der Waals surface area contributed by atoms with Crippen molar-refractivity contribution in [2.45, 2.75) is 25.7 Å². The first kappa shape index (κ1) is 12.0. The van der Waals surface area contributed by atoms with E-state index in [4.69, 9.17) is 0 Å². The average molecular weight is 262 g/mol. The van der Waals surface area contributed by atoms with Crippen molar-refractivity contribution in [3.8, 4) is 11.3 Å². The van der Waals surface area contributed by atoms with Crippen LogP contribution in [0.5, 0.6) is 0 Å². The number of nitrogens with one attached hydrogen (secondary N) is 1. The van der Waals surface area contributed by atoms with Crippen molar-refractivity contribution in [3.05, 3.63) is 51.6 Å². The molecule has 0 bridgehead atoms. The van der Waals surface area contributed by atoms with Crippen LogP contribution in [-0.4, -0.2) is 9.97 Å². The molecule has 1 N–H and O–H groups in total. The Morgan fingerprint density at radius 2 is 2.05 bits per heavy atom. The molecule has 98 valence electrons. The highest BCUT2D eigenvalue weighted by atomic mass is 19.1. The minimum atomic E-state index is -0.706. The Bertz CT molecular complexity index is 705. The van der Waals surface area contributed by atoms with Gasteiger partial charge in [0.15, 0.2) is 0 Å². The number of nitrogens with zero attached hydrogens (tertiary/aromatic N) is 1. The van der Waals surface area contributed by atoms with Crippen LogP contribution in [0.4, 0.5) is 8.78 Å². The third-order valence-electron chi connectivity index (χ3n) is 3.32. The number of benzene rings is 1. The zero-order valence-electron chi connectivity index (χ0n) is 10.3. The van der Waals surface area contributed by atoms with E-state index in [9.17, 15) is 13.6 Å². The fourth-order valence-electron chi connectivity index (χ4n) is 2.04. The first-order chi connectivity index (χ1) is 9.06.